The van der Waals surface area contributed by atoms with Crippen molar-refractivity contribution in [3.8, 4) is 0 Å². The van der Waals surface area contributed by atoms with E-state index in [4.69, 9.17) is 4.74 Å². The molecule has 2 aromatic rings. The number of nitrogens with one attached hydrogen (secondary N) is 1. The summed E-state index contributed by atoms with van der Waals surface area (Å²) in [5.74, 6) is 1.57. The van der Waals surface area contributed by atoms with Crippen LogP contribution in [-0.2, 0) is 22.6 Å². The number of aromatic nitrogens is 3. The highest BCUT2D eigenvalue weighted by Gasteiger charge is 2.32. The molecule has 1 aromatic carbocycles. The molecule has 32 heavy (non-hydrogen) atoms. The molecule has 8 heteroatoms. The van der Waals surface area contributed by atoms with Crippen LogP contribution in [0.25, 0.3) is 0 Å². The molecule has 0 radical (unpaired) electrons. The molecule has 8 nitrogen and oxygen atoms in total. The molecule has 0 aliphatic carbocycles. The molecule has 2 unspecified atom stereocenters. The number of methoxy groups -OCH3 is 1. The average Bonchev–Trinajstić information content (AvgIpc) is 3.17. The van der Waals surface area contributed by atoms with Crippen LogP contribution in [0.2, 0.25) is 0 Å². The second kappa shape index (κ2) is 10.7. The highest BCUT2D eigenvalue weighted by atomic mass is 16.5. The lowest BCUT2D eigenvalue weighted by atomic mass is 9.97. The molecular weight excluding hydrogens is 406 g/mol. The number of aryl methyl sites for hydroxylation is 1. The summed E-state index contributed by atoms with van der Waals surface area (Å²) in [5.41, 5.74) is 1.65. The van der Waals surface area contributed by atoms with Crippen molar-refractivity contribution in [3.63, 3.8) is 0 Å². The summed E-state index contributed by atoms with van der Waals surface area (Å²) in [6.07, 6.45) is 8.27. The standard InChI is InChI=1S/C24H33N5O3/c1-32-16-19-5-2-7-20(15-19)23(30)25-12-10-18-6-4-13-28(14-11-18)24(31)21-8-3-9-22-26-17-27-29(21)22/h2,5,7,15,17-18,21H,3-4,6,8-14,16H2,1H3,(H,25,30). The second-order valence-corrected chi connectivity index (χ2v) is 8.83. The molecule has 2 aliphatic rings. The van der Waals surface area contributed by atoms with E-state index in [9.17, 15) is 9.59 Å². The molecule has 0 saturated carbocycles. The van der Waals surface area contributed by atoms with Crippen LogP contribution in [0.3, 0.4) is 0 Å². The number of carbonyl (C=O) groups is 2. The van der Waals surface area contributed by atoms with Crippen LogP contribution in [0.1, 0.15) is 66.3 Å². The van der Waals surface area contributed by atoms with Crippen LogP contribution in [0.15, 0.2) is 30.6 Å². The molecule has 2 amide bonds. The fraction of sp³-hybridized carbons (Fsp3) is 0.583. The summed E-state index contributed by atoms with van der Waals surface area (Å²) in [7, 11) is 1.65. The lowest BCUT2D eigenvalue weighted by Gasteiger charge is -2.29. The first-order valence-electron chi connectivity index (χ1n) is 11.7. The Labute approximate surface area is 189 Å². The van der Waals surface area contributed by atoms with E-state index in [2.05, 4.69) is 15.4 Å². The monoisotopic (exact) mass is 439 g/mol. The van der Waals surface area contributed by atoms with E-state index >= 15 is 0 Å². The van der Waals surface area contributed by atoms with Crippen LogP contribution in [0, 0.1) is 5.92 Å². The third-order valence-corrected chi connectivity index (χ3v) is 6.60. The summed E-state index contributed by atoms with van der Waals surface area (Å²) in [6.45, 7) is 2.72. The summed E-state index contributed by atoms with van der Waals surface area (Å²) in [6, 6.07) is 7.34. The lowest BCUT2D eigenvalue weighted by molar-refractivity contribution is -0.135. The van der Waals surface area contributed by atoms with Gasteiger partial charge in [0, 0.05) is 38.7 Å². The average molecular weight is 440 g/mol. The first-order chi connectivity index (χ1) is 15.7. The molecule has 2 atom stereocenters. The van der Waals surface area contributed by atoms with Crippen molar-refractivity contribution >= 4 is 11.8 Å². The molecule has 0 bridgehead atoms. The molecule has 1 saturated heterocycles. The number of rotatable bonds is 7. The Morgan fingerprint density at radius 3 is 2.97 bits per heavy atom. The number of fused-ring (bicyclic) bond motifs is 1. The number of hydrogen-bond donors (Lipinski definition) is 1. The van der Waals surface area contributed by atoms with Gasteiger partial charge < -0.3 is 15.0 Å². The van der Waals surface area contributed by atoms with Crippen LogP contribution in [0.5, 0.6) is 0 Å². The van der Waals surface area contributed by atoms with Crippen LogP contribution in [-0.4, -0.2) is 58.2 Å². The summed E-state index contributed by atoms with van der Waals surface area (Å²) in [4.78, 5) is 32.0. The van der Waals surface area contributed by atoms with E-state index in [1.54, 1.807) is 13.4 Å². The van der Waals surface area contributed by atoms with Gasteiger partial charge in [-0.1, -0.05) is 12.1 Å². The van der Waals surface area contributed by atoms with Crippen molar-refractivity contribution in [3.05, 3.63) is 47.5 Å². The third-order valence-electron chi connectivity index (χ3n) is 6.60. The number of amides is 2. The van der Waals surface area contributed by atoms with Crippen molar-refractivity contribution < 1.29 is 14.3 Å². The predicted molar refractivity (Wildman–Crippen MR) is 120 cm³/mol. The summed E-state index contributed by atoms with van der Waals surface area (Å²) >= 11 is 0. The molecular formula is C24H33N5O3. The number of ether oxygens (including phenoxy) is 1. The van der Waals surface area contributed by atoms with E-state index in [0.717, 1.165) is 69.4 Å². The van der Waals surface area contributed by atoms with Crippen molar-refractivity contribution in [1.29, 1.82) is 0 Å². The minimum atomic E-state index is -0.203. The minimum absolute atomic E-state index is 0.0469. The number of likely N-dealkylation sites (tertiary alicyclic amines) is 1. The van der Waals surface area contributed by atoms with Gasteiger partial charge in [0.05, 0.1) is 6.61 Å². The van der Waals surface area contributed by atoms with Gasteiger partial charge in [0.1, 0.15) is 18.2 Å². The largest absolute Gasteiger partial charge is 0.380 e. The molecule has 2 aliphatic heterocycles. The van der Waals surface area contributed by atoms with Crippen molar-refractivity contribution in [2.24, 2.45) is 5.92 Å². The van der Waals surface area contributed by atoms with Crippen LogP contribution in [0.4, 0.5) is 0 Å². The summed E-state index contributed by atoms with van der Waals surface area (Å²) < 4.78 is 6.97. The van der Waals surface area contributed by atoms with Crippen molar-refractivity contribution in [1.82, 2.24) is 25.0 Å². The Morgan fingerprint density at radius 1 is 1.19 bits per heavy atom. The SMILES string of the molecule is COCc1cccc(C(=O)NCCC2CCCN(C(=O)C3CCCc4ncnn43)CC2)c1. The quantitative estimate of drug-likeness (QED) is 0.717. The van der Waals surface area contributed by atoms with E-state index in [-0.39, 0.29) is 17.9 Å². The molecule has 1 N–H and O–H groups in total. The van der Waals surface area contributed by atoms with Gasteiger partial charge in [-0.25, -0.2) is 9.67 Å². The van der Waals surface area contributed by atoms with E-state index < -0.39 is 0 Å². The first kappa shape index (κ1) is 22.5. The topological polar surface area (TPSA) is 89.3 Å². The second-order valence-electron chi connectivity index (χ2n) is 8.83. The number of nitrogens with zero attached hydrogens (tertiary/aromatic N) is 4. The van der Waals surface area contributed by atoms with E-state index in [1.165, 1.54) is 0 Å². The Morgan fingerprint density at radius 2 is 2.09 bits per heavy atom. The van der Waals surface area contributed by atoms with Gasteiger partial charge in [-0.2, -0.15) is 5.10 Å². The zero-order chi connectivity index (χ0) is 22.3. The van der Waals surface area contributed by atoms with E-state index in [1.807, 2.05) is 33.8 Å². The zero-order valence-corrected chi connectivity index (χ0v) is 18.8. The van der Waals surface area contributed by atoms with Gasteiger partial charge in [0.25, 0.3) is 5.91 Å². The van der Waals surface area contributed by atoms with Gasteiger partial charge in [0.2, 0.25) is 5.91 Å². The smallest absolute Gasteiger partial charge is 0.251 e. The van der Waals surface area contributed by atoms with E-state index in [0.29, 0.717) is 24.6 Å². The molecule has 4 rings (SSSR count). The fourth-order valence-corrected chi connectivity index (χ4v) is 4.86. The minimum Gasteiger partial charge on any atom is -0.380 e. The number of hydrogen-bond acceptors (Lipinski definition) is 5. The highest BCUT2D eigenvalue weighted by Crippen LogP contribution is 2.27. The van der Waals surface area contributed by atoms with Gasteiger partial charge in [-0.15, -0.1) is 0 Å². The number of carbonyl (C=O) groups excluding carboxylic acids is 2. The highest BCUT2D eigenvalue weighted by molar-refractivity contribution is 5.94. The maximum atomic E-state index is 13.2. The Bertz CT molecular complexity index is 928. The van der Waals surface area contributed by atoms with Crippen molar-refractivity contribution in [2.45, 2.75) is 57.6 Å². The van der Waals surface area contributed by atoms with Gasteiger partial charge >= 0.3 is 0 Å². The first-order valence-corrected chi connectivity index (χ1v) is 11.7. The lowest BCUT2D eigenvalue weighted by Crippen LogP contribution is -2.40. The van der Waals surface area contributed by atoms with Gasteiger partial charge in [-0.3, -0.25) is 9.59 Å². The summed E-state index contributed by atoms with van der Waals surface area (Å²) in [5, 5.41) is 7.35. The van der Waals surface area contributed by atoms with Gasteiger partial charge in [0.15, 0.2) is 0 Å². The van der Waals surface area contributed by atoms with Crippen molar-refractivity contribution in [2.75, 3.05) is 26.7 Å². The normalized spacial score (nSPS) is 21.0. The molecule has 172 valence electrons. The molecule has 1 fully saturated rings. The third kappa shape index (κ3) is 5.35. The van der Waals surface area contributed by atoms with Crippen LogP contribution >= 0.6 is 0 Å². The molecule has 1 aromatic heterocycles. The maximum Gasteiger partial charge on any atom is 0.251 e. The Kier molecular flexibility index (Phi) is 7.52. The van der Waals surface area contributed by atoms with Crippen LogP contribution < -0.4 is 5.32 Å². The van der Waals surface area contributed by atoms with Gasteiger partial charge in [-0.05, 0) is 62.1 Å². The fourth-order valence-electron chi connectivity index (χ4n) is 4.86. The molecule has 3 heterocycles. The number of benzene rings is 1. The zero-order valence-electron chi connectivity index (χ0n) is 18.8. The Balaban J connectivity index is 1.24. The predicted octanol–water partition coefficient (Wildman–Crippen LogP) is 2.75. The Hall–Kier alpha value is -2.74. The maximum absolute atomic E-state index is 13.2. The molecule has 0 spiro atoms.